The zero-order valence-corrected chi connectivity index (χ0v) is 12.5. The Morgan fingerprint density at radius 2 is 2.26 bits per heavy atom. The number of nitriles is 1. The van der Waals surface area contributed by atoms with Crippen molar-refractivity contribution in [3.05, 3.63) is 0 Å². The molecule has 0 aromatic rings. The van der Waals surface area contributed by atoms with Crippen molar-refractivity contribution >= 4 is 0 Å². The fourth-order valence-corrected chi connectivity index (χ4v) is 3.69. The van der Waals surface area contributed by atoms with Gasteiger partial charge in [0.15, 0.2) is 0 Å². The Morgan fingerprint density at radius 1 is 1.47 bits per heavy atom. The molecule has 1 aliphatic carbocycles. The van der Waals surface area contributed by atoms with Crippen LogP contribution in [-0.2, 0) is 4.74 Å². The van der Waals surface area contributed by atoms with E-state index in [-0.39, 0.29) is 11.1 Å². The number of likely N-dealkylation sites (tertiary alicyclic amines) is 1. The van der Waals surface area contributed by atoms with Gasteiger partial charge < -0.3 is 4.74 Å². The van der Waals surface area contributed by atoms with Crippen molar-refractivity contribution in [1.29, 1.82) is 5.26 Å². The number of nitrogens with zero attached hydrogens (tertiary/aromatic N) is 2. The smallest absolute Gasteiger partial charge is 0.108 e. The van der Waals surface area contributed by atoms with E-state index in [2.05, 4.69) is 30.1 Å². The number of hydrogen-bond acceptors (Lipinski definition) is 4. The van der Waals surface area contributed by atoms with Gasteiger partial charge in [0.1, 0.15) is 5.54 Å². The standard InChI is InChI=1S/C15H27N3O/c1-4-17-15(11-16)8-6-13(10-15)18-9-5-7-14(2,12-18)19-3/h13,17H,4-10,12H2,1-3H3. The fraction of sp³-hybridized carbons (Fsp3) is 0.933. The van der Waals surface area contributed by atoms with E-state index in [1.807, 2.05) is 7.11 Å². The Labute approximate surface area is 117 Å². The van der Waals surface area contributed by atoms with Gasteiger partial charge in [0.05, 0.1) is 11.7 Å². The lowest BCUT2D eigenvalue weighted by molar-refractivity contribution is -0.0609. The summed E-state index contributed by atoms with van der Waals surface area (Å²) < 4.78 is 5.67. The van der Waals surface area contributed by atoms with Gasteiger partial charge in [0.2, 0.25) is 0 Å². The van der Waals surface area contributed by atoms with Gasteiger partial charge in [-0.1, -0.05) is 6.92 Å². The zero-order chi connectivity index (χ0) is 13.9. The molecule has 1 heterocycles. The quantitative estimate of drug-likeness (QED) is 0.843. The van der Waals surface area contributed by atoms with Gasteiger partial charge in [-0.2, -0.15) is 5.26 Å². The third-order valence-corrected chi connectivity index (χ3v) is 4.92. The molecule has 4 nitrogen and oxygen atoms in total. The number of rotatable bonds is 4. The Morgan fingerprint density at radius 3 is 2.89 bits per heavy atom. The van der Waals surface area contributed by atoms with Gasteiger partial charge in [-0.3, -0.25) is 10.2 Å². The Balaban J connectivity index is 1.99. The summed E-state index contributed by atoms with van der Waals surface area (Å²) in [5, 5.41) is 12.8. The minimum absolute atomic E-state index is 0.00563. The molecular formula is C15H27N3O. The van der Waals surface area contributed by atoms with Crippen LogP contribution in [0.4, 0.5) is 0 Å². The highest BCUT2D eigenvalue weighted by atomic mass is 16.5. The van der Waals surface area contributed by atoms with E-state index in [0.717, 1.165) is 45.3 Å². The Bertz CT molecular complexity index is 354. The molecule has 2 fully saturated rings. The second kappa shape index (κ2) is 5.78. The van der Waals surface area contributed by atoms with Gasteiger partial charge in [0, 0.05) is 19.7 Å². The molecule has 0 radical (unpaired) electrons. The summed E-state index contributed by atoms with van der Waals surface area (Å²) in [5.41, 5.74) is -0.297. The van der Waals surface area contributed by atoms with Crippen LogP contribution in [0.5, 0.6) is 0 Å². The SMILES string of the molecule is CCNC1(C#N)CCC(N2CCCC(C)(OC)C2)C1. The second-order valence-corrected chi connectivity index (χ2v) is 6.35. The van der Waals surface area contributed by atoms with Crippen molar-refractivity contribution in [2.45, 2.75) is 63.1 Å². The van der Waals surface area contributed by atoms with Crippen LogP contribution in [0, 0.1) is 11.3 Å². The maximum atomic E-state index is 9.46. The molecule has 0 spiro atoms. The van der Waals surface area contributed by atoms with E-state index in [4.69, 9.17) is 4.74 Å². The lowest BCUT2D eigenvalue weighted by Crippen LogP contribution is -2.51. The third kappa shape index (κ3) is 3.10. The van der Waals surface area contributed by atoms with Crippen LogP contribution in [0.25, 0.3) is 0 Å². The lowest BCUT2D eigenvalue weighted by atomic mass is 9.92. The molecule has 1 saturated carbocycles. The number of piperidine rings is 1. The van der Waals surface area contributed by atoms with Crippen molar-refractivity contribution in [2.24, 2.45) is 0 Å². The Kier molecular flexibility index (Phi) is 4.50. The predicted molar refractivity (Wildman–Crippen MR) is 75.9 cm³/mol. The van der Waals surface area contributed by atoms with Crippen molar-refractivity contribution in [3.63, 3.8) is 0 Å². The van der Waals surface area contributed by atoms with E-state index in [1.165, 1.54) is 6.42 Å². The topological polar surface area (TPSA) is 48.3 Å². The summed E-state index contributed by atoms with van der Waals surface area (Å²) in [6.07, 6.45) is 5.39. The molecule has 1 saturated heterocycles. The van der Waals surface area contributed by atoms with Gasteiger partial charge in [-0.25, -0.2) is 0 Å². The van der Waals surface area contributed by atoms with E-state index in [1.54, 1.807) is 0 Å². The highest BCUT2D eigenvalue weighted by Crippen LogP contribution is 2.35. The molecule has 1 aliphatic heterocycles. The largest absolute Gasteiger partial charge is 0.377 e. The summed E-state index contributed by atoms with van der Waals surface area (Å²) >= 11 is 0. The minimum Gasteiger partial charge on any atom is -0.377 e. The van der Waals surface area contributed by atoms with Crippen LogP contribution in [0.2, 0.25) is 0 Å². The summed E-state index contributed by atoms with van der Waals surface area (Å²) in [6.45, 7) is 7.31. The number of hydrogen-bond donors (Lipinski definition) is 1. The zero-order valence-electron chi connectivity index (χ0n) is 12.5. The maximum Gasteiger partial charge on any atom is 0.108 e. The summed E-state index contributed by atoms with van der Waals surface area (Å²) in [6, 6.07) is 3.05. The first-order valence-corrected chi connectivity index (χ1v) is 7.52. The average Bonchev–Trinajstić information content (AvgIpc) is 2.84. The summed E-state index contributed by atoms with van der Waals surface area (Å²) in [5.74, 6) is 0. The maximum absolute atomic E-state index is 9.46. The third-order valence-electron chi connectivity index (χ3n) is 4.92. The van der Waals surface area contributed by atoms with Crippen LogP contribution in [0.15, 0.2) is 0 Å². The van der Waals surface area contributed by atoms with E-state index < -0.39 is 0 Å². The molecule has 1 N–H and O–H groups in total. The Hall–Kier alpha value is -0.630. The fourth-order valence-electron chi connectivity index (χ4n) is 3.69. The average molecular weight is 265 g/mol. The van der Waals surface area contributed by atoms with Crippen LogP contribution in [-0.4, -0.2) is 48.8 Å². The highest BCUT2D eigenvalue weighted by Gasteiger charge is 2.43. The molecule has 0 aromatic heterocycles. The molecular weight excluding hydrogens is 238 g/mol. The van der Waals surface area contributed by atoms with Crippen LogP contribution in [0.3, 0.4) is 0 Å². The number of ether oxygens (including phenoxy) is 1. The molecule has 2 rings (SSSR count). The predicted octanol–water partition coefficient (Wildman–Crippen LogP) is 1.91. The molecule has 0 bridgehead atoms. The molecule has 0 amide bonds. The van der Waals surface area contributed by atoms with Crippen molar-refractivity contribution in [3.8, 4) is 6.07 Å². The molecule has 3 atom stereocenters. The van der Waals surface area contributed by atoms with Gasteiger partial charge in [0.25, 0.3) is 0 Å². The van der Waals surface area contributed by atoms with E-state index in [0.29, 0.717) is 6.04 Å². The minimum atomic E-state index is -0.291. The number of methoxy groups -OCH3 is 1. The van der Waals surface area contributed by atoms with Crippen molar-refractivity contribution in [2.75, 3.05) is 26.7 Å². The van der Waals surface area contributed by atoms with Gasteiger partial charge >= 0.3 is 0 Å². The summed E-state index contributed by atoms with van der Waals surface area (Å²) in [4.78, 5) is 2.55. The normalized spacial score (nSPS) is 40.2. The molecule has 2 aliphatic rings. The van der Waals surface area contributed by atoms with Crippen LogP contribution >= 0.6 is 0 Å². The van der Waals surface area contributed by atoms with Crippen molar-refractivity contribution < 1.29 is 4.74 Å². The molecule has 108 valence electrons. The van der Waals surface area contributed by atoms with Crippen LogP contribution in [0.1, 0.15) is 46.0 Å². The van der Waals surface area contributed by atoms with Gasteiger partial charge in [-0.15, -0.1) is 0 Å². The van der Waals surface area contributed by atoms with E-state index in [9.17, 15) is 5.26 Å². The van der Waals surface area contributed by atoms with Crippen molar-refractivity contribution in [1.82, 2.24) is 10.2 Å². The first kappa shape index (κ1) is 14.8. The lowest BCUT2D eigenvalue weighted by Gasteiger charge is -2.42. The molecule has 19 heavy (non-hydrogen) atoms. The number of nitrogens with one attached hydrogen (secondary N) is 1. The summed E-state index contributed by atoms with van der Waals surface area (Å²) in [7, 11) is 1.82. The van der Waals surface area contributed by atoms with E-state index >= 15 is 0 Å². The highest BCUT2D eigenvalue weighted by molar-refractivity contribution is 5.13. The first-order valence-electron chi connectivity index (χ1n) is 7.52. The van der Waals surface area contributed by atoms with Crippen LogP contribution < -0.4 is 5.32 Å². The molecule has 3 unspecified atom stereocenters. The van der Waals surface area contributed by atoms with Gasteiger partial charge in [-0.05, 0) is 52.1 Å². The monoisotopic (exact) mass is 265 g/mol. The second-order valence-electron chi connectivity index (χ2n) is 6.35. The molecule has 0 aromatic carbocycles. The first-order chi connectivity index (χ1) is 9.06. The molecule has 4 heteroatoms.